The summed E-state index contributed by atoms with van der Waals surface area (Å²) in [6.45, 7) is 15.8. The first-order valence-corrected chi connectivity index (χ1v) is 6.20. The average molecular weight is 227 g/mol. The van der Waals surface area contributed by atoms with Gasteiger partial charge >= 0.3 is 0 Å². The van der Waals surface area contributed by atoms with Crippen molar-refractivity contribution in [2.75, 3.05) is 13.6 Å². The minimum atomic E-state index is 0.0807. The van der Waals surface area contributed by atoms with E-state index in [-0.39, 0.29) is 16.9 Å². The number of Topliss-reactive ketones (excluding diaryl/α,β-unsaturated/α-hetero) is 1. The van der Waals surface area contributed by atoms with E-state index >= 15 is 0 Å². The lowest BCUT2D eigenvalue weighted by molar-refractivity contribution is -0.125. The molecular formula is C14H29NO. The zero-order chi connectivity index (χ0) is 13.1. The maximum absolute atomic E-state index is 12.0. The van der Waals surface area contributed by atoms with Crippen LogP contribution in [0.15, 0.2) is 0 Å². The summed E-state index contributed by atoms with van der Waals surface area (Å²) in [5.41, 5.74) is 0.225. The Balaban J connectivity index is 4.19. The molecule has 0 radical (unpaired) electrons. The van der Waals surface area contributed by atoms with Crippen molar-refractivity contribution in [1.82, 2.24) is 4.90 Å². The molecule has 0 spiro atoms. The Morgan fingerprint density at radius 2 is 1.56 bits per heavy atom. The van der Waals surface area contributed by atoms with E-state index in [1.807, 2.05) is 6.92 Å². The Labute approximate surface area is 101 Å². The molecule has 0 bridgehead atoms. The number of hydrogen-bond acceptors (Lipinski definition) is 2. The molecule has 0 aromatic heterocycles. The number of hydrogen-bond donors (Lipinski definition) is 0. The maximum Gasteiger partial charge on any atom is 0.137 e. The van der Waals surface area contributed by atoms with Crippen LogP contribution in [-0.4, -0.2) is 29.8 Å². The van der Waals surface area contributed by atoms with Gasteiger partial charge in [-0.25, -0.2) is 0 Å². The molecule has 0 aliphatic rings. The number of carbonyl (C=O) groups is 1. The molecule has 0 rings (SSSR count). The highest BCUT2D eigenvalue weighted by Crippen LogP contribution is 2.27. The largest absolute Gasteiger partial charge is 0.301 e. The van der Waals surface area contributed by atoms with Crippen LogP contribution in [0.3, 0.4) is 0 Å². The molecule has 1 unspecified atom stereocenters. The first kappa shape index (κ1) is 15.6. The van der Waals surface area contributed by atoms with E-state index in [9.17, 15) is 4.79 Å². The van der Waals surface area contributed by atoms with Gasteiger partial charge in [0, 0.05) is 24.4 Å². The van der Waals surface area contributed by atoms with Gasteiger partial charge in [-0.1, -0.05) is 27.7 Å². The van der Waals surface area contributed by atoms with Crippen molar-refractivity contribution in [3.05, 3.63) is 0 Å². The van der Waals surface area contributed by atoms with E-state index in [4.69, 9.17) is 0 Å². The van der Waals surface area contributed by atoms with Crippen LogP contribution in [0.25, 0.3) is 0 Å². The first-order valence-electron chi connectivity index (χ1n) is 6.20. The van der Waals surface area contributed by atoms with Crippen LogP contribution < -0.4 is 0 Å². The predicted octanol–water partition coefficient (Wildman–Crippen LogP) is 3.36. The van der Waals surface area contributed by atoms with Crippen molar-refractivity contribution in [3.8, 4) is 0 Å². The lowest BCUT2D eigenvalue weighted by Gasteiger charge is -2.32. The van der Waals surface area contributed by atoms with Crippen molar-refractivity contribution in [2.45, 2.75) is 60.4 Å². The van der Waals surface area contributed by atoms with Crippen molar-refractivity contribution in [1.29, 1.82) is 0 Å². The van der Waals surface area contributed by atoms with E-state index in [0.29, 0.717) is 12.2 Å². The second-order valence-corrected chi connectivity index (χ2v) is 6.90. The summed E-state index contributed by atoms with van der Waals surface area (Å²) in [7, 11) is 2.08. The average Bonchev–Trinajstić information content (AvgIpc) is 2.09. The molecule has 96 valence electrons. The fourth-order valence-corrected chi connectivity index (χ4v) is 1.31. The summed E-state index contributed by atoms with van der Waals surface area (Å²) in [6.07, 6.45) is 0.659. The van der Waals surface area contributed by atoms with Gasteiger partial charge in [-0.3, -0.25) is 4.79 Å². The van der Waals surface area contributed by atoms with Gasteiger partial charge in [0.2, 0.25) is 0 Å². The third kappa shape index (κ3) is 5.11. The Morgan fingerprint density at radius 3 is 1.88 bits per heavy atom. The monoisotopic (exact) mass is 227 g/mol. The van der Waals surface area contributed by atoms with Crippen molar-refractivity contribution >= 4 is 5.78 Å². The minimum Gasteiger partial charge on any atom is -0.301 e. The maximum atomic E-state index is 12.0. The standard InChI is InChI=1S/C14H29NO/c1-11(13(2,3)4)12(16)9-10-15(8)14(5,6)7/h11H,9-10H2,1-8H3. The van der Waals surface area contributed by atoms with Crippen LogP contribution in [0, 0.1) is 11.3 Å². The Hall–Kier alpha value is -0.370. The zero-order valence-corrected chi connectivity index (χ0v) is 12.3. The van der Waals surface area contributed by atoms with Crippen LogP contribution in [0.4, 0.5) is 0 Å². The third-order valence-corrected chi connectivity index (χ3v) is 3.62. The van der Waals surface area contributed by atoms with Gasteiger partial charge in [0.15, 0.2) is 0 Å². The summed E-state index contributed by atoms with van der Waals surface area (Å²) in [5.74, 6) is 0.518. The van der Waals surface area contributed by atoms with E-state index in [0.717, 1.165) is 6.54 Å². The fourth-order valence-electron chi connectivity index (χ4n) is 1.31. The number of rotatable bonds is 4. The van der Waals surface area contributed by atoms with Gasteiger partial charge in [-0.2, -0.15) is 0 Å². The van der Waals surface area contributed by atoms with E-state index in [1.165, 1.54) is 0 Å². The summed E-state index contributed by atoms with van der Waals surface area (Å²) >= 11 is 0. The normalized spacial score (nSPS) is 15.3. The molecule has 16 heavy (non-hydrogen) atoms. The molecule has 0 aliphatic carbocycles. The smallest absolute Gasteiger partial charge is 0.137 e. The molecule has 0 N–H and O–H groups in total. The molecule has 0 aromatic rings. The first-order chi connectivity index (χ1) is 6.96. The second kappa shape index (κ2) is 5.31. The number of carbonyl (C=O) groups excluding carboxylic acids is 1. The van der Waals surface area contributed by atoms with Crippen LogP contribution in [-0.2, 0) is 4.79 Å². The molecule has 0 saturated carbocycles. The highest BCUT2D eigenvalue weighted by Gasteiger charge is 2.27. The molecule has 0 aromatic carbocycles. The minimum absolute atomic E-state index is 0.0807. The van der Waals surface area contributed by atoms with Crippen molar-refractivity contribution in [3.63, 3.8) is 0 Å². The van der Waals surface area contributed by atoms with Gasteiger partial charge in [-0.15, -0.1) is 0 Å². The van der Waals surface area contributed by atoms with Crippen LogP contribution in [0.1, 0.15) is 54.9 Å². The van der Waals surface area contributed by atoms with Gasteiger partial charge in [0.25, 0.3) is 0 Å². The van der Waals surface area contributed by atoms with Crippen molar-refractivity contribution < 1.29 is 4.79 Å². The molecular weight excluding hydrogens is 198 g/mol. The van der Waals surface area contributed by atoms with E-state index in [2.05, 4.69) is 53.5 Å². The van der Waals surface area contributed by atoms with E-state index in [1.54, 1.807) is 0 Å². The second-order valence-electron chi connectivity index (χ2n) is 6.90. The van der Waals surface area contributed by atoms with Crippen LogP contribution in [0.2, 0.25) is 0 Å². The van der Waals surface area contributed by atoms with Gasteiger partial charge in [0.1, 0.15) is 5.78 Å². The molecule has 0 saturated heterocycles. The molecule has 0 fully saturated rings. The van der Waals surface area contributed by atoms with Crippen LogP contribution in [0.5, 0.6) is 0 Å². The summed E-state index contributed by atoms with van der Waals surface area (Å²) in [6, 6.07) is 0. The molecule has 1 atom stereocenters. The highest BCUT2D eigenvalue weighted by atomic mass is 16.1. The van der Waals surface area contributed by atoms with Gasteiger partial charge in [-0.05, 0) is 33.2 Å². The Morgan fingerprint density at radius 1 is 1.12 bits per heavy atom. The zero-order valence-electron chi connectivity index (χ0n) is 12.3. The summed E-state index contributed by atoms with van der Waals surface area (Å²) < 4.78 is 0. The third-order valence-electron chi connectivity index (χ3n) is 3.62. The fraction of sp³-hybridized carbons (Fsp3) is 0.929. The predicted molar refractivity (Wildman–Crippen MR) is 70.6 cm³/mol. The molecule has 2 heteroatoms. The van der Waals surface area contributed by atoms with E-state index < -0.39 is 0 Å². The molecule has 0 amide bonds. The molecule has 0 heterocycles. The van der Waals surface area contributed by atoms with Crippen molar-refractivity contribution in [2.24, 2.45) is 11.3 Å². The topological polar surface area (TPSA) is 20.3 Å². The molecule has 2 nitrogen and oxygen atoms in total. The Kier molecular flexibility index (Phi) is 5.18. The quantitative estimate of drug-likeness (QED) is 0.734. The lowest BCUT2D eigenvalue weighted by Crippen LogP contribution is -2.40. The number of ketones is 1. The SMILES string of the molecule is CC(C(=O)CCN(C)C(C)(C)C)C(C)(C)C. The lowest BCUT2D eigenvalue weighted by atomic mass is 9.78. The molecule has 0 aliphatic heterocycles. The summed E-state index contributed by atoms with van der Waals surface area (Å²) in [5, 5.41) is 0. The van der Waals surface area contributed by atoms with Crippen LogP contribution >= 0.6 is 0 Å². The highest BCUT2D eigenvalue weighted by molar-refractivity contribution is 5.81. The number of nitrogens with zero attached hydrogens (tertiary/aromatic N) is 1. The Bertz CT molecular complexity index is 232. The van der Waals surface area contributed by atoms with Gasteiger partial charge < -0.3 is 4.90 Å². The summed E-state index contributed by atoms with van der Waals surface area (Å²) in [4.78, 5) is 14.2. The van der Waals surface area contributed by atoms with Gasteiger partial charge in [0.05, 0.1) is 0 Å².